The third-order valence-electron chi connectivity index (χ3n) is 1.87. The number of rotatable bonds is 2. The molecule has 1 saturated heterocycles. The van der Waals surface area contributed by atoms with Crippen LogP contribution < -0.4 is 0 Å². The maximum absolute atomic E-state index is 11.1. The monoisotopic (exact) mass is 152 g/mol. The van der Waals surface area contributed by atoms with Crippen molar-refractivity contribution in [2.24, 2.45) is 0 Å². The Kier molecular flexibility index (Phi) is 2.67. The second-order valence-corrected chi connectivity index (χ2v) is 2.86. The van der Waals surface area contributed by atoms with E-state index in [1.54, 1.807) is 0 Å². The second kappa shape index (κ2) is 3.54. The fourth-order valence-electron chi connectivity index (χ4n) is 1.25. The Balaban J connectivity index is 2.38. The van der Waals surface area contributed by atoms with E-state index in [-0.39, 0.29) is 24.4 Å². The summed E-state index contributed by atoms with van der Waals surface area (Å²) in [6, 6.07) is 0. The van der Waals surface area contributed by atoms with Gasteiger partial charge in [-0.25, -0.2) is 0 Å². The average Bonchev–Trinajstić information content (AvgIpc) is 2.36. The SMILES string of the molecule is C#CCC(=O)C1CCC(C)O1. The first-order chi connectivity index (χ1) is 5.24. The maximum Gasteiger partial charge on any atom is 0.173 e. The number of Topliss-reactive ketones (excluding diaryl/α,β-unsaturated/α-hetero) is 1. The third kappa shape index (κ3) is 2.06. The summed E-state index contributed by atoms with van der Waals surface area (Å²) in [6.45, 7) is 1.98. The van der Waals surface area contributed by atoms with Crippen molar-refractivity contribution in [2.45, 2.75) is 38.4 Å². The van der Waals surface area contributed by atoms with Gasteiger partial charge in [-0.1, -0.05) is 5.92 Å². The Labute approximate surface area is 66.9 Å². The van der Waals surface area contributed by atoms with Gasteiger partial charge < -0.3 is 4.74 Å². The van der Waals surface area contributed by atoms with Crippen molar-refractivity contribution >= 4 is 5.78 Å². The highest BCUT2D eigenvalue weighted by Crippen LogP contribution is 2.20. The van der Waals surface area contributed by atoms with Gasteiger partial charge in [-0.2, -0.15) is 0 Å². The smallest absolute Gasteiger partial charge is 0.173 e. The van der Waals surface area contributed by atoms with E-state index in [1.165, 1.54) is 0 Å². The second-order valence-electron chi connectivity index (χ2n) is 2.86. The van der Waals surface area contributed by atoms with Crippen molar-refractivity contribution in [1.29, 1.82) is 0 Å². The van der Waals surface area contributed by atoms with Crippen molar-refractivity contribution in [1.82, 2.24) is 0 Å². The van der Waals surface area contributed by atoms with Crippen LogP contribution in [0.4, 0.5) is 0 Å². The molecule has 2 unspecified atom stereocenters. The number of hydrogen-bond donors (Lipinski definition) is 0. The van der Waals surface area contributed by atoms with E-state index in [9.17, 15) is 4.79 Å². The Morgan fingerprint density at radius 3 is 2.91 bits per heavy atom. The Morgan fingerprint density at radius 1 is 1.73 bits per heavy atom. The molecule has 2 heteroatoms. The average molecular weight is 152 g/mol. The Morgan fingerprint density at radius 2 is 2.45 bits per heavy atom. The van der Waals surface area contributed by atoms with Gasteiger partial charge in [-0.3, -0.25) is 4.79 Å². The zero-order valence-corrected chi connectivity index (χ0v) is 6.67. The van der Waals surface area contributed by atoms with Crippen LogP contribution in [0, 0.1) is 12.3 Å². The van der Waals surface area contributed by atoms with Crippen LogP contribution in [0.25, 0.3) is 0 Å². The molecule has 0 radical (unpaired) electrons. The van der Waals surface area contributed by atoms with Crippen molar-refractivity contribution in [2.75, 3.05) is 0 Å². The number of carbonyl (C=O) groups is 1. The lowest BCUT2D eigenvalue weighted by atomic mass is 10.1. The van der Waals surface area contributed by atoms with Crippen LogP contribution in [0.3, 0.4) is 0 Å². The molecule has 1 fully saturated rings. The summed E-state index contributed by atoms with van der Waals surface area (Å²) in [6.07, 6.45) is 7.02. The van der Waals surface area contributed by atoms with Crippen LogP contribution in [-0.4, -0.2) is 18.0 Å². The van der Waals surface area contributed by atoms with Crippen LogP contribution in [0.1, 0.15) is 26.2 Å². The van der Waals surface area contributed by atoms with Gasteiger partial charge in [0.15, 0.2) is 5.78 Å². The molecule has 2 nitrogen and oxygen atoms in total. The van der Waals surface area contributed by atoms with Gasteiger partial charge in [0.25, 0.3) is 0 Å². The van der Waals surface area contributed by atoms with Gasteiger partial charge in [0, 0.05) is 0 Å². The van der Waals surface area contributed by atoms with Gasteiger partial charge in [-0.15, -0.1) is 6.42 Å². The van der Waals surface area contributed by atoms with Crippen LogP contribution in [-0.2, 0) is 9.53 Å². The molecule has 0 N–H and O–H groups in total. The number of carbonyl (C=O) groups excluding carboxylic acids is 1. The number of ketones is 1. The minimum atomic E-state index is -0.221. The van der Waals surface area contributed by atoms with Gasteiger partial charge in [0.1, 0.15) is 6.10 Å². The molecule has 1 aliphatic heterocycles. The lowest BCUT2D eigenvalue weighted by Gasteiger charge is -2.06. The summed E-state index contributed by atoms with van der Waals surface area (Å²) >= 11 is 0. The fraction of sp³-hybridized carbons (Fsp3) is 0.667. The third-order valence-corrected chi connectivity index (χ3v) is 1.87. The van der Waals surface area contributed by atoms with Gasteiger partial charge in [0.05, 0.1) is 12.5 Å². The minimum absolute atomic E-state index is 0.0526. The first-order valence-corrected chi connectivity index (χ1v) is 3.85. The molecule has 0 aromatic rings. The Bertz CT molecular complexity index is 190. The number of hydrogen-bond acceptors (Lipinski definition) is 2. The minimum Gasteiger partial charge on any atom is -0.367 e. The maximum atomic E-state index is 11.1. The van der Waals surface area contributed by atoms with Crippen LogP contribution in [0.2, 0.25) is 0 Å². The molecule has 1 heterocycles. The lowest BCUT2D eigenvalue weighted by Crippen LogP contribution is -2.19. The molecular formula is C9H12O2. The summed E-state index contributed by atoms with van der Waals surface area (Å²) in [5.74, 6) is 2.38. The number of terminal acetylenes is 1. The Hall–Kier alpha value is -0.810. The van der Waals surface area contributed by atoms with E-state index >= 15 is 0 Å². The standard InChI is InChI=1S/C9H12O2/c1-3-4-8(10)9-6-5-7(2)11-9/h1,7,9H,4-6H2,2H3. The molecule has 0 bridgehead atoms. The normalized spacial score (nSPS) is 29.8. The molecule has 11 heavy (non-hydrogen) atoms. The van der Waals surface area contributed by atoms with E-state index in [1.807, 2.05) is 6.92 Å². The predicted molar refractivity (Wildman–Crippen MR) is 42.0 cm³/mol. The molecule has 0 saturated carbocycles. The topological polar surface area (TPSA) is 26.3 Å². The van der Waals surface area contributed by atoms with Crippen LogP contribution in [0.15, 0.2) is 0 Å². The molecule has 60 valence electrons. The summed E-state index contributed by atoms with van der Waals surface area (Å²) in [4.78, 5) is 11.1. The summed E-state index contributed by atoms with van der Waals surface area (Å²) in [7, 11) is 0. The molecule has 1 rings (SSSR count). The highest BCUT2D eigenvalue weighted by Gasteiger charge is 2.26. The molecule has 1 aliphatic rings. The first-order valence-electron chi connectivity index (χ1n) is 3.85. The predicted octanol–water partition coefficient (Wildman–Crippen LogP) is 1.15. The zero-order chi connectivity index (χ0) is 8.27. The summed E-state index contributed by atoms with van der Waals surface area (Å²) in [5.41, 5.74) is 0. The summed E-state index contributed by atoms with van der Waals surface area (Å²) in [5, 5.41) is 0. The van der Waals surface area contributed by atoms with Gasteiger partial charge in [-0.05, 0) is 19.8 Å². The zero-order valence-electron chi connectivity index (χ0n) is 6.67. The van der Waals surface area contributed by atoms with E-state index < -0.39 is 0 Å². The highest BCUT2D eigenvalue weighted by atomic mass is 16.5. The van der Waals surface area contributed by atoms with Crippen LogP contribution >= 0.6 is 0 Å². The van der Waals surface area contributed by atoms with Crippen molar-refractivity contribution in [3.05, 3.63) is 0 Å². The molecule has 0 spiro atoms. The first kappa shape index (κ1) is 8.29. The van der Waals surface area contributed by atoms with E-state index in [0.29, 0.717) is 0 Å². The van der Waals surface area contributed by atoms with E-state index in [2.05, 4.69) is 5.92 Å². The molecular weight excluding hydrogens is 140 g/mol. The highest BCUT2D eigenvalue weighted by molar-refractivity contribution is 5.85. The van der Waals surface area contributed by atoms with Gasteiger partial charge in [0.2, 0.25) is 0 Å². The van der Waals surface area contributed by atoms with E-state index in [0.717, 1.165) is 12.8 Å². The van der Waals surface area contributed by atoms with Crippen molar-refractivity contribution in [3.8, 4) is 12.3 Å². The van der Waals surface area contributed by atoms with Crippen molar-refractivity contribution in [3.63, 3.8) is 0 Å². The molecule has 0 aliphatic carbocycles. The van der Waals surface area contributed by atoms with Gasteiger partial charge >= 0.3 is 0 Å². The number of ether oxygens (including phenoxy) is 1. The molecule has 0 aromatic heterocycles. The lowest BCUT2D eigenvalue weighted by molar-refractivity contribution is -0.128. The molecule has 2 atom stereocenters. The quantitative estimate of drug-likeness (QED) is 0.555. The van der Waals surface area contributed by atoms with Crippen molar-refractivity contribution < 1.29 is 9.53 Å². The summed E-state index contributed by atoms with van der Waals surface area (Å²) < 4.78 is 5.33. The fourth-order valence-corrected chi connectivity index (χ4v) is 1.25. The van der Waals surface area contributed by atoms with Crippen LogP contribution in [0.5, 0.6) is 0 Å². The largest absolute Gasteiger partial charge is 0.367 e. The van der Waals surface area contributed by atoms with E-state index in [4.69, 9.17) is 11.2 Å². The molecule has 0 aromatic carbocycles. The molecule has 0 amide bonds.